The monoisotopic (exact) mass is 184 g/mol. The van der Waals surface area contributed by atoms with Crippen LogP contribution in [0.5, 0.6) is 5.88 Å². The number of aliphatic carboxylic acids is 1. The van der Waals surface area contributed by atoms with E-state index in [1.165, 1.54) is 0 Å². The van der Waals surface area contributed by atoms with E-state index in [1.54, 1.807) is 25.3 Å². The molecule has 0 fully saturated rings. The summed E-state index contributed by atoms with van der Waals surface area (Å²) in [5.74, 6) is 0.198. The topological polar surface area (TPSA) is 85.4 Å². The summed E-state index contributed by atoms with van der Waals surface area (Å²) in [6.07, 6.45) is 0. The molecule has 0 saturated heterocycles. The highest BCUT2D eigenvalue weighted by atomic mass is 16.5. The van der Waals surface area contributed by atoms with Gasteiger partial charge in [0.1, 0.15) is 5.82 Å². The molecule has 5 heteroatoms. The van der Waals surface area contributed by atoms with Gasteiger partial charge in [-0.2, -0.15) is 4.98 Å². The molecule has 5 nitrogen and oxygen atoms in total. The summed E-state index contributed by atoms with van der Waals surface area (Å²) >= 11 is 0. The number of carbonyl (C=O) groups is 1. The first-order valence-corrected chi connectivity index (χ1v) is 3.52. The smallest absolute Gasteiger partial charge is 0.300 e. The summed E-state index contributed by atoms with van der Waals surface area (Å²) in [6.45, 7) is 1.08. The third-order valence-corrected chi connectivity index (χ3v) is 0.954. The lowest BCUT2D eigenvalue weighted by molar-refractivity contribution is -0.134. The van der Waals surface area contributed by atoms with E-state index in [1.807, 2.05) is 0 Å². The lowest BCUT2D eigenvalue weighted by Gasteiger charge is -1.96. The van der Waals surface area contributed by atoms with E-state index >= 15 is 0 Å². The predicted molar refractivity (Wildman–Crippen MR) is 48.5 cm³/mol. The number of aromatic nitrogens is 1. The number of carboxylic acid groups (broad SMARTS) is 1. The minimum absolute atomic E-state index is 0.481. The molecule has 13 heavy (non-hydrogen) atoms. The molecule has 0 radical (unpaired) electrons. The second-order valence-electron chi connectivity index (χ2n) is 2.12. The molecule has 0 amide bonds. The number of hydrogen-bond donors (Lipinski definition) is 2. The van der Waals surface area contributed by atoms with Gasteiger partial charge < -0.3 is 15.6 Å². The number of rotatable bonds is 1. The van der Waals surface area contributed by atoms with Crippen LogP contribution in [-0.2, 0) is 4.79 Å². The second-order valence-corrected chi connectivity index (χ2v) is 2.12. The van der Waals surface area contributed by atoms with E-state index < -0.39 is 5.97 Å². The van der Waals surface area contributed by atoms with Crippen LogP contribution >= 0.6 is 0 Å². The van der Waals surface area contributed by atoms with Crippen molar-refractivity contribution in [1.82, 2.24) is 4.98 Å². The molecule has 0 bridgehead atoms. The number of nitrogens with two attached hydrogens (primary N) is 1. The number of ether oxygens (including phenoxy) is 1. The van der Waals surface area contributed by atoms with Crippen molar-refractivity contribution in [1.29, 1.82) is 0 Å². The van der Waals surface area contributed by atoms with Crippen LogP contribution in [0.3, 0.4) is 0 Å². The Kier molecular flexibility index (Phi) is 5.02. The van der Waals surface area contributed by atoms with Gasteiger partial charge >= 0.3 is 0 Å². The van der Waals surface area contributed by atoms with Crippen molar-refractivity contribution >= 4 is 11.8 Å². The van der Waals surface area contributed by atoms with Crippen LogP contribution in [0.1, 0.15) is 6.92 Å². The van der Waals surface area contributed by atoms with Gasteiger partial charge in [-0.05, 0) is 6.07 Å². The third kappa shape index (κ3) is 6.61. The Labute approximate surface area is 76.2 Å². The molecule has 1 aromatic heterocycles. The maximum atomic E-state index is 9.00. The molecular formula is C8H12N2O3. The predicted octanol–water partition coefficient (Wildman–Crippen LogP) is 0.763. The van der Waals surface area contributed by atoms with Gasteiger partial charge in [0.25, 0.3) is 5.97 Å². The minimum atomic E-state index is -0.833. The fourth-order valence-electron chi connectivity index (χ4n) is 0.544. The van der Waals surface area contributed by atoms with Crippen LogP contribution in [-0.4, -0.2) is 23.2 Å². The number of methoxy groups -OCH3 is 1. The Morgan fingerprint density at radius 2 is 2.15 bits per heavy atom. The molecule has 1 aromatic rings. The first-order chi connectivity index (χ1) is 6.06. The van der Waals surface area contributed by atoms with E-state index in [0.29, 0.717) is 11.7 Å². The first-order valence-electron chi connectivity index (χ1n) is 3.52. The molecule has 1 rings (SSSR count). The average molecular weight is 184 g/mol. The van der Waals surface area contributed by atoms with Crippen molar-refractivity contribution in [3.8, 4) is 5.88 Å². The molecule has 0 saturated carbocycles. The molecule has 0 aliphatic carbocycles. The Morgan fingerprint density at radius 3 is 2.46 bits per heavy atom. The number of anilines is 1. The van der Waals surface area contributed by atoms with Crippen LogP contribution in [0.25, 0.3) is 0 Å². The SMILES string of the molecule is CC(=O)O.COc1cccc(N)n1. The fraction of sp³-hybridized carbons (Fsp3) is 0.250. The largest absolute Gasteiger partial charge is 0.481 e. The summed E-state index contributed by atoms with van der Waals surface area (Å²) in [5, 5.41) is 7.42. The van der Waals surface area contributed by atoms with Gasteiger partial charge in [0.05, 0.1) is 7.11 Å². The highest BCUT2D eigenvalue weighted by Crippen LogP contribution is 2.06. The number of carboxylic acids is 1. The molecule has 1 heterocycles. The fourth-order valence-corrected chi connectivity index (χ4v) is 0.544. The summed E-state index contributed by atoms with van der Waals surface area (Å²) in [7, 11) is 1.56. The van der Waals surface area contributed by atoms with Crippen molar-refractivity contribution in [2.75, 3.05) is 12.8 Å². The summed E-state index contributed by atoms with van der Waals surface area (Å²) < 4.78 is 4.80. The van der Waals surface area contributed by atoms with Gasteiger partial charge in [-0.1, -0.05) is 6.07 Å². The molecule has 0 atom stereocenters. The second kappa shape index (κ2) is 5.82. The average Bonchev–Trinajstić information content (AvgIpc) is 2.03. The van der Waals surface area contributed by atoms with Crippen molar-refractivity contribution in [2.24, 2.45) is 0 Å². The molecule has 0 spiro atoms. The molecule has 0 aliphatic rings. The molecule has 0 aromatic carbocycles. The van der Waals surface area contributed by atoms with E-state index in [-0.39, 0.29) is 0 Å². The quantitative estimate of drug-likeness (QED) is 0.673. The van der Waals surface area contributed by atoms with Crippen LogP contribution in [0, 0.1) is 0 Å². The Bertz CT molecular complexity index is 272. The van der Waals surface area contributed by atoms with Gasteiger partial charge in [-0.15, -0.1) is 0 Å². The Morgan fingerprint density at radius 1 is 1.62 bits per heavy atom. The minimum Gasteiger partial charge on any atom is -0.481 e. The van der Waals surface area contributed by atoms with Crippen molar-refractivity contribution < 1.29 is 14.6 Å². The molecular weight excluding hydrogens is 172 g/mol. The maximum absolute atomic E-state index is 9.00. The van der Waals surface area contributed by atoms with Gasteiger partial charge in [0.2, 0.25) is 5.88 Å². The van der Waals surface area contributed by atoms with Gasteiger partial charge in [0.15, 0.2) is 0 Å². The number of hydrogen-bond acceptors (Lipinski definition) is 4. The molecule has 3 N–H and O–H groups in total. The van der Waals surface area contributed by atoms with Crippen molar-refractivity contribution in [2.45, 2.75) is 6.92 Å². The van der Waals surface area contributed by atoms with E-state index in [9.17, 15) is 0 Å². The standard InChI is InChI=1S/C6H8N2O.C2H4O2/c1-9-6-4-2-3-5(7)8-6;1-2(3)4/h2-4H,1H3,(H2,7,8);1H3,(H,3,4). The molecule has 72 valence electrons. The normalized spacial score (nSPS) is 8.15. The van der Waals surface area contributed by atoms with Gasteiger partial charge in [-0.25, -0.2) is 0 Å². The summed E-state index contributed by atoms with van der Waals surface area (Å²) in [5.41, 5.74) is 5.34. The number of nitrogens with zero attached hydrogens (tertiary/aromatic N) is 1. The zero-order valence-electron chi connectivity index (χ0n) is 7.52. The summed E-state index contributed by atoms with van der Waals surface area (Å²) in [6, 6.07) is 5.25. The lowest BCUT2D eigenvalue weighted by Crippen LogP contribution is -1.91. The van der Waals surface area contributed by atoms with Gasteiger partial charge in [0, 0.05) is 13.0 Å². The van der Waals surface area contributed by atoms with Gasteiger partial charge in [-0.3, -0.25) is 4.79 Å². The zero-order chi connectivity index (χ0) is 10.3. The van der Waals surface area contributed by atoms with Crippen LogP contribution < -0.4 is 10.5 Å². The third-order valence-electron chi connectivity index (χ3n) is 0.954. The Hall–Kier alpha value is -1.78. The van der Waals surface area contributed by atoms with Crippen molar-refractivity contribution in [3.05, 3.63) is 18.2 Å². The van der Waals surface area contributed by atoms with Crippen LogP contribution in [0.4, 0.5) is 5.82 Å². The molecule has 0 aliphatic heterocycles. The van der Waals surface area contributed by atoms with Crippen molar-refractivity contribution in [3.63, 3.8) is 0 Å². The van der Waals surface area contributed by atoms with E-state index in [0.717, 1.165) is 6.92 Å². The Balaban J connectivity index is 0.000000310. The lowest BCUT2D eigenvalue weighted by atomic mass is 10.5. The van der Waals surface area contributed by atoms with Crippen LogP contribution in [0.15, 0.2) is 18.2 Å². The number of nitrogen functional groups attached to an aromatic ring is 1. The summed E-state index contributed by atoms with van der Waals surface area (Å²) in [4.78, 5) is 12.8. The number of pyridine rings is 1. The highest BCUT2D eigenvalue weighted by Gasteiger charge is 1.88. The first kappa shape index (κ1) is 11.2. The zero-order valence-corrected chi connectivity index (χ0v) is 7.52. The van der Waals surface area contributed by atoms with Crippen LogP contribution in [0.2, 0.25) is 0 Å². The highest BCUT2D eigenvalue weighted by molar-refractivity contribution is 5.62. The van der Waals surface area contributed by atoms with E-state index in [2.05, 4.69) is 4.98 Å². The van der Waals surface area contributed by atoms with E-state index in [4.69, 9.17) is 20.4 Å². The molecule has 0 unspecified atom stereocenters. The maximum Gasteiger partial charge on any atom is 0.300 e.